The number of rotatable bonds is 3. The molecule has 6 nitrogen and oxygen atoms in total. The van der Waals surface area contributed by atoms with Gasteiger partial charge in [-0.3, -0.25) is 9.59 Å². The Morgan fingerprint density at radius 2 is 2.04 bits per heavy atom. The molecule has 0 amide bonds. The highest BCUT2D eigenvalue weighted by atomic mass is 16.6. The average molecular weight is 318 g/mol. The fourth-order valence-electron chi connectivity index (χ4n) is 3.18. The highest BCUT2D eigenvalue weighted by Gasteiger charge is 2.53. The predicted molar refractivity (Wildman–Crippen MR) is 78.4 cm³/mol. The van der Waals surface area contributed by atoms with Crippen LogP contribution in [-0.4, -0.2) is 41.1 Å². The van der Waals surface area contributed by atoms with E-state index in [0.717, 1.165) is 0 Å². The van der Waals surface area contributed by atoms with Gasteiger partial charge in [0.05, 0.1) is 11.5 Å². The van der Waals surface area contributed by atoms with Crippen LogP contribution in [0.2, 0.25) is 0 Å². The smallest absolute Gasteiger partial charge is 0.338 e. The first-order valence-corrected chi connectivity index (χ1v) is 7.57. The maximum absolute atomic E-state index is 12.0. The lowest BCUT2D eigenvalue weighted by Gasteiger charge is -2.34. The third-order valence-electron chi connectivity index (χ3n) is 4.59. The van der Waals surface area contributed by atoms with Gasteiger partial charge in [0.25, 0.3) is 0 Å². The molecule has 1 aromatic carbocycles. The summed E-state index contributed by atoms with van der Waals surface area (Å²) in [7, 11) is 0. The van der Waals surface area contributed by atoms with E-state index in [1.807, 2.05) is 0 Å². The number of fused-ring (bicyclic) bond motifs is 1. The summed E-state index contributed by atoms with van der Waals surface area (Å²) in [6, 6.07) is 8.48. The normalized spacial score (nSPS) is 33.0. The van der Waals surface area contributed by atoms with Crippen LogP contribution in [0.1, 0.15) is 30.1 Å². The molecule has 1 aromatic rings. The van der Waals surface area contributed by atoms with E-state index in [-0.39, 0.29) is 31.1 Å². The van der Waals surface area contributed by atoms with E-state index in [4.69, 9.17) is 9.47 Å². The number of carbonyl (C=O) groups excluding carboxylic acids is 3. The zero-order chi connectivity index (χ0) is 16.6. The molecule has 0 unspecified atom stereocenters. The first-order valence-electron chi connectivity index (χ1n) is 7.57. The predicted octanol–water partition coefficient (Wildman–Crippen LogP) is 1.12. The SMILES string of the molecule is C[C@@]1(O)C[C@@H]2OC(=O)[C@@H](COC(=O)c3ccccc3)[C@@H]2CC1=O. The standard InChI is InChI=1S/C17H18O6/c1-17(21)8-13-11(7-14(17)18)12(16(20)23-13)9-22-15(19)10-5-3-2-4-6-10/h2-6,11-13,21H,7-9H2,1H3/t11-,12-,13-,17+/m0/s1. The number of ether oxygens (including phenoxy) is 2. The molecule has 0 radical (unpaired) electrons. The summed E-state index contributed by atoms with van der Waals surface area (Å²) in [6.07, 6.45) is -0.363. The molecule has 1 saturated carbocycles. The lowest BCUT2D eigenvalue weighted by atomic mass is 9.73. The maximum Gasteiger partial charge on any atom is 0.338 e. The van der Waals surface area contributed by atoms with Gasteiger partial charge in [0.15, 0.2) is 5.78 Å². The summed E-state index contributed by atoms with van der Waals surface area (Å²) >= 11 is 0. The fraction of sp³-hybridized carbons (Fsp3) is 0.471. The Balaban J connectivity index is 1.65. The van der Waals surface area contributed by atoms with Crippen LogP contribution in [0.3, 0.4) is 0 Å². The molecule has 2 aliphatic rings. The van der Waals surface area contributed by atoms with Gasteiger partial charge < -0.3 is 14.6 Å². The zero-order valence-electron chi connectivity index (χ0n) is 12.7. The number of Topliss-reactive ketones (excluding diaryl/α,β-unsaturated/α-hetero) is 1. The first-order chi connectivity index (χ1) is 10.9. The molecule has 0 bridgehead atoms. The minimum Gasteiger partial charge on any atom is -0.462 e. The molecule has 1 saturated heterocycles. The lowest BCUT2D eigenvalue weighted by molar-refractivity contribution is -0.153. The lowest BCUT2D eigenvalue weighted by Crippen LogP contribution is -2.47. The van der Waals surface area contributed by atoms with Gasteiger partial charge >= 0.3 is 11.9 Å². The Bertz CT molecular complexity index is 636. The van der Waals surface area contributed by atoms with Crippen molar-refractivity contribution >= 4 is 17.7 Å². The maximum atomic E-state index is 12.0. The first kappa shape index (κ1) is 15.7. The third-order valence-corrected chi connectivity index (χ3v) is 4.59. The highest BCUT2D eigenvalue weighted by molar-refractivity contribution is 5.90. The second-order valence-corrected chi connectivity index (χ2v) is 6.32. The van der Waals surface area contributed by atoms with Crippen molar-refractivity contribution in [3.8, 4) is 0 Å². The van der Waals surface area contributed by atoms with Crippen molar-refractivity contribution < 1.29 is 29.0 Å². The largest absolute Gasteiger partial charge is 0.462 e. The van der Waals surface area contributed by atoms with Crippen molar-refractivity contribution in [2.24, 2.45) is 11.8 Å². The van der Waals surface area contributed by atoms with Gasteiger partial charge in [-0.25, -0.2) is 4.79 Å². The number of hydrogen-bond donors (Lipinski definition) is 1. The Hall–Kier alpha value is -2.21. The Labute approximate surface area is 133 Å². The number of ketones is 1. The van der Waals surface area contributed by atoms with Crippen LogP contribution in [-0.2, 0) is 19.1 Å². The fourth-order valence-corrected chi connectivity index (χ4v) is 3.18. The summed E-state index contributed by atoms with van der Waals surface area (Å²) in [5.74, 6) is -2.31. The van der Waals surface area contributed by atoms with E-state index in [2.05, 4.69) is 0 Å². The summed E-state index contributed by atoms with van der Waals surface area (Å²) < 4.78 is 10.5. The number of benzene rings is 1. The summed E-state index contributed by atoms with van der Waals surface area (Å²) in [6.45, 7) is 1.31. The molecule has 4 atom stereocenters. The van der Waals surface area contributed by atoms with Crippen LogP contribution >= 0.6 is 0 Å². The highest BCUT2D eigenvalue weighted by Crippen LogP contribution is 2.41. The van der Waals surface area contributed by atoms with E-state index in [1.54, 1.807) is 30.3 Å². The monoisotopic (exact) mass is 318 g/mol. The summed E-state index contributed by atoms with van der Waals surface area (Å²) in [5.41, 5.74) is -1.06. The molecule has 1 aliphatic carbocycles. The molecule has 1 N–H and O–H groups in total. The second-order valence-electron chi connectivity index (χ2n) is 6.32. The second kappa shape index (κ2) is 5.77. The van der Waals surface area contributed by atoms with E-state index in [0.29, 0.717) is 5.56 Å². The third kappa shape index (κ3) is 2.99. The molecule has 1 aliphatic heterocycles. The molecule has 0 spiro atoms. The van der Waals surface area contributed by atoms with Gasteiger partial charge in [0.2, 0.25) is 0 Å². The van der Waals surface area contributed by atoms with Gasteiger partial charge in [-0.05, 0) is 19.1 Å². The number of esters is 2. The van der Waals surface area contributed by atoms with Crippen LogP contribution in [0.15, 0.2) is 30.3 Å². The van der Waals surface area contributed by atoms with Crippen molar-refractivity contribution in [3.63, 3.8) is 0 Å². The molecular weight excluding hydrogens is 300 g/mol. The van der Waals surface area contributed by atoms with Crippen molar-refractivity contribution in [2.75, 3.05) is 6.61 Å². The van der Waals surface area contributed by atoms with Crippen LogP contribution in [0, 0.1) is 11.8 Å². The van der Waals surface area contributed by atoms with Gasteiger partial charge in [0, 0.05) is 18.8 Å². The van der Waals surface area contributed by atoms with Crippen LogP contribution < -0.4 is 0 Å². The minimum absolute atomic E-state index is 0.0525. The zero-order valence-corrected chi connectivity index (χ0v) is 12.7. The van der Waals surface area contributed by atoms with E-state index in [9.17, 15) is 19.5 Å². The molecule has 2 fully saturated rings. The Morgan fingerprint density at radius 3 is 2.74 bits per heavy atom. The van der Waals surface area contributed by atoms with E-state index in [1.165, 1.54) is 6.92 Å². The molecule has 0 aromatic heterocycles. The Morgan fingerprint density at radius 1 is 1.35 bits per heavy atom. The minimum atomic E-state index is -1.46. The van der Waals surface area contributed by atoms with Gasteiger partial charge in [-0.15, -0.1) is 0 Å². The summed E-state index contributed by atoms with van der Waals surface area (Å²) in [4.78, 5) is 35.9. The summed E-state index contributed by atoms with van der Waals surface area (Å²) in [5, 5.41) is 10.0. The number of hydrogen-bond acceptors (Lipinski definition) is 6. The van der Waals surface area contributed by atoms with Crippen molar-refractivity contribution in [1.82, 2.24) is 0 Å². The Kier molecular flexibility index (Phi) is 3.93. The molecule has 1 heterocycles. The van der Waals surface area contributed by atoms with Gasteiger partial charge in [0.1, 0.15) is 18.3 Å². The van der Waals surface area contributed by atoms with Gasteiger partial charge in [-0.1, -0.05) is 18.2 Å². The quantitative estimate of drug-likeness (QED) is 0.840. The molecule has 122 valence electrons. The topological polar surface area (TPSA) is 89.9 Å². The average Bonchev–Trinajstić information content (AvgIpc) is 2.80. The molecule has 23 heavy (non-hydrogen) atoms. The van der Waals surface area contributed by atoms with Gasteiger partial charge in [-0.2, -0.15) is 0 Å². The van der Waals surface area contributed by atoms with Crippen LogP contribution in [0.5, 0.6) is 0 Å². The number of carbonyl (C=O) groups is 3. The van der Waals surface area contributed by atoms with Crippen molar-refractivity contribution in [2.45, 2.75) is 31.5 Å². The molecule has 6 heteroatoms. The van der Waals surface area contributed by atoms with E-state index < -0.39 is 29.6 Å². The molecular formula is C17H18O6. The van der Waals surface area contributed by atoms with Crippen molar-refractivity contribution in [3.05, 3.63) is 35.9 Å². The van der Waals surface area contributed by atoms with Crippen LogP contribution in [0.4, 0.5) is 0 Å². The van der Waals surface area contributed by atoms with Crippen LogP contribution in [0.25, 0.3) is 0 Å². The molecule has 3 rings (SSSR count). The van der Waals surface area contributed by atoms with E-state index >= 15 is 0 Å². The van der Waals surface area contributed by atoms with Crippen molar-refractivity contribution in [1.29, 1.82) is 0 Å². The number of aliphatic hydroxyl groups is 1.